The fourth-order valence-corrected chi connectivity index (χ4v) is 1.66. The molecular formula is C11H18N2O2. The molecule has 1 aromatic heterocycles. The number of aromatic nitrogens is 2. The molecule has 1 rings (SSSR count). The standard InChI is InChI=1S/C11H18N2O2/c1-4-7-9-8-12(5-2)11(15)13(6-3)10(9)14/h8H,4-7H2,1-3H3. The molecule has 0 aromatic carbocycles. The van der Waals surface area contributed by atoms with Gasteiger partial charge in [-0.3, -0.25) is 9.36 Å². The van der Waals surface area contributed by atoms with Crippen molar-refractivity contribution in [2.45, 2.75) is 46.7 Å². The zero-order chi connectivity index (χ0) is 11.4. The van der Waals surface area contributed by atoms with Crippen molar-refractivity contribution < 1.29 is 0 Å². The van der Waals surface area contributed by atoms with Gasteiger partial charge in [-0.15, -0.1) is 0 Å². The van der Waals surface area contributed by atoms with Crippen molar-refractivity contribution in [1.29, 1.82) is 0 Å². The molecule has 1 aromatic rings. The van der Waals surface area contributed by atoms with Gasteiger partial charge in [0, 0.05) is 24.8 Å². The van der Waals surface area contributed by atoms with Gasteiger partial charge < -0.3 is 4.57 Å². The first-order valence-corrected chi connectivity index (χ1v) is 5.48. The van der Waals surface area contributed by atoms with E-state index >= 15 is 0 Å². The highest BCUT2D eigenvalue weighted by atomic mass is 16.2. The van der Waals surface area contributed by atoms with Crippen LogP contribution >= 0.6 is 0 Å². The second-order valence-electron chi connectivity index (χ2n) is 3.52. The molecule has 0 atom stereocenters. The summed E-state index contributed by atoms with van der Waals surface area (Å²) in [6, 6.07) is 0. The molecule has 4 heteroatoms. The molecule has 0 saturated carbocycles. The van der Waals surface area contributed by atoms with Crippen LogP contribution in [-0.2, 0) is 19.5 Å². The first-order chi connectivity index (χ1) is 7.15. The third kappa shape index (κ3) is 2.19. The van der Waals surface area contributed by atoms with Crippen molar-refractivity contribution >= 4 is 0 Å². The van der Waals surface area contributed by atoms with Crippen LogP contribution in [0.25, 0.3) is 0 Å². The van der Waals surface area contributed by atoms with Crippen LogP contribution in [0.3, 0.4) is 0 Å². The topological polar surface area (TPSA) is 44.0 Å². The summed E-state index contributed by atoms with van der Waals surface area (Å²) >= 11 is 0. The van der Waals surface area contributed by atoms with E-state index in [-0.39, 0.29) is 11.2 Å². The Kier molecular flexibility index (Phi) is 3.88. The minimum absolute atomic E-state index is 0.131. The fraction of sp³-hybridized carbons (Fsp3) is 0.636. The normalized spacial score (nSPS) is 10.6. The number of rotatable bonds is 4. The van der Waals surface area contributed by atoms with E-state index in [1.807, 2.05) is 20.8 Å². The Hall–Kier alpha value is -1.32. The van der Waals surface area contributed by atoms with Gasteiger partial charge in [0.25, 0.3) is 5.56 Å². The van der Waals surface area contributed by atoms with Crippen LogP contribution in [0.5, 0.6) is 0 Å². The number of nitrogens with zero attached hydrogens (tertiary/aromatic N) is 2. The molecule has 0 amide bonds. The third-order valence-corrected chi connectivity index (χ3v) is 2.48. The van der Waals surface area contributed by atoms with Gasteiger partial charge >= 0.3 is 5.69 Å². The van der Waals surface area contributed by atoms with Gasteiger partial charge in [0.2, 0.25) is 0 Å². The van der Waals surface area contributed by atoms with Crippen molar-refractivity contribution in [2.75, 3.05) is 0 Å². The molecule has 0 aliphatic carbocycles. The third-order valence-electron chi connectivity index (χ3n) is 2.48. The van der Waals surface area contributed by atoms with Crippen LogP contribution in [0.1, 0.15) is 32.8 Å². The molecule has 15 heavy (non-hydrogen) atoms. The maximum Gasteiger partial charge on any atom is 0.330 e. The van der Waals surface area contributed by atoms with Gasteiger partial charge in [-0.25, -0.2) is 4.79 Å². The van der Waals surface area contributed by atoms with Crippen molar-refractivity contribution in [2.24, 2.45) is 0 Å². The van der Waals surface area contributed by atoms with E-state index in [9.17, 15) is 9.59 Å². The minimum atomic E-state index is -0.204. The summed E-state index contributed by atoms with van der Waals surface area (Å²) in [5.74, 6) is 0. The van der Waals surface area contributed by atoms with Gasteiger partial charge in [0.1, 0.15) is 0 Å². The van der Waals surface area contributed by atoms with E-state index in [1.165, 1.54) is 4.57 Å². The molecule has 0 radical (unpaired) electrons. The Morgan fingerprint density at radius 1 is 1.13 bits per heavy atom. The lowest BCUT2D eigenvalue weighted by molar-refractivity contribution is 0.575. The van der Waals surface area contributed by atoms with E-state index in [0.717, 1.165) is 18.4 Å². The lowest BCUT2D eigenvalue weighted by Crippen LogP contribution is -2.40. The van der Waals surface area contributed by atoms with Gasteiger partial charge in [0.15, 0.2) is 0 Å². The van der Waals surface area contributed by atoms with Gasteiger partial charge in [-0.1, -0.05) is 13.3 Å². The van der Waals surface area contributed by atoms with Gasteiger partial charge in [0.05, 0.1) is 0 Å². The molecule has 0 bridgehead atoms. The zero-order valence-electron chi connectivity index (χ0n) is 9.62. The monoisotopic (exact) mass is 210 g/mol. The largest absolute Gasteiger partial charge is 0.330 e. The molecule has 0 unspecified atom stereocenters. The molecule has 0 saturated heterocycles. The predicted octanol–water partition coefficient (Wildman–Crippen LogP) is 1.00. The second-order valence-corrected chi connectivity index (χ2v) is 3.52. The van der Waals surface area contributed by atoms with Crippen LogP contribution in [0.4, 0.5) is 0 Å². The minimum Gasteiger partial charge on any atom is -0.300 e. The molecular weight excluding hydrogens is 192 g/mol. The zero-order valence-corrected chi connectivity index (χ0v) is 9.62. The van der Waals surface area contributed by atoms with Gasteiger partial charge in [-0.05, 0) is 20.3 Å². The highest BCUT2D eigenvalue weighted by Gasteiger charge is 2.08. The van der Waals surface area contributed by atoms with Crippen LogP contribution in [0, 0.1) is 0 Å². The van der Waals surface area contributed by atoms with E-state index in [4.69, 9.17) is 0 Å². The number of hydrogen-bond acceptors (Lipinski definition) is 2. The highest BCUT2D eigenvalue weighted by molar-refractivity contribution is 5.06. The summed E-state index contributed by atoms with van der Waals surface area (Å²) in [4.78, 5) is 23.6. The predicted molar refractivity (Wildman–Crippen MR) is 60.3 cm³/mol. The lowest BCUT2D eigenvalue weighted by atomic mass is 10.2. The summed E-state index contributed by atoms with van der Waals surface area (Å²) in [6.45, 7) is 6.79. The Morgan fingerprint density at radius 3 is 2.27 bits per heavy atom. The summed E-state index contributed by atoms with van der Waals surface area (Å²) < 4.78 is 2.89. The molecule has 4 nitrogen and oxygen atoms in total. The first kappa shape index (κ1) is 11.8. The second kappa shape index (κ2) is 4.96. The molecule has 0 N–H and O–H groups in total. The van der Waals surface area contributed by atoms with Crippen molar-refractivity contribution in [3.05, 3.63) is 32.6 Å². The van der Waals surface area contributed by atoms with Crippen molar-refractivity contribution in [3.63, 3.8) is 0 Å². The average Bonchev–Trinajstić information content (AvgIpc) is 2.23. The molecule has 1 heterocycles. The Bertz CT molecular complexity index is 443. The molecule has 0 fully saturated rings. The molecule has 0 spiro atoms. The van der Waals surface area contributed by atoms with Crippen LogP contribution in [-0.4, -0.2) is 9.13 Å². The quantitative estimate of drug-likeness (QED) is 0.744. The SMILES string of the molecule is CCCc1cn(CC)c(=O)n(CC)c1=O. The maximum atomic E-state index is 11.8. The summed E-state index contributed by atoms with van der Waals surface area (Å²) in [6.07, 6.45) is 3.35. The molecule has 0 aliphatic heterocycles. The Labute approximate surface area is 89.2 Å². The van der Waals surface area contributed by atoms with Crippen LogP contribution in [0.2, 0.25) is 0 Å². The molecule has 84 valence electrons. The number of aryl methyl sites for hydroxylation is 2. The average molecular weight is 210 g/mol. The molecule has 0 aliphatic rings. The first-order valence-electron chi connectivity index (χ1n) is 5.48. The van der Waals surface area contributed by atoms with E-state index < -0.39 is 0 Å². The smallest absolute Gasteiger partial charge is 0.300 e. The fourth-order valence-electron chi connectivity index (χ4n) is 1.66. The maximum absolute atomic E-state index is 11.8. The van der Waals surface area contributed by atoms with Gasteiger partial charge in [-0.2, -0.15) is 0 Å². The van der Waals surface area contributed by atoms with Crippen LogP contribution < -0.4 is 11.2 Å². The van der Waals surface area contributed by atoms with E-state index in [0.29, 0.717) is 13.1 Å². The van der Waals surface area contributed by atoms with E-state index in [2.05, 4.69) is 0 Å². The lowest BCUT2D eigenvalue weighted by Gasteiger charge is -2.09. The highest BCUT2D eigenvalue weighted by Crippen LogP contribution is 1.94. The Balaban J connectivity index is 3.44. The van der Waals surface area contributed by atoms with Crippen molar-refractivity contribution in [3.8, 4) is 0 Å². The summed E-state index contributed by atoms with van der Waals surface area (Å²) in [7, 11) is 0. The summed E-state index contributed by atoms with van der Waals surface area (Å²) in [5, 5.41) is 0. The van der Waals surface area contributed by atoms with Crippen molar-refractivity contribution in [1.82, 2.24) is 9.13 Å². The van der Waals surface area contributed by atoms with Crippen LogP contribution in [0.15, 0.2) is 15.8 Å². The number of hydrogen-bond donors (Lipinski definition) is 0. The Morgan fingerprint density at radius 2 is 1.80 bits per heavy atom. The summed E-state index contributed by atoms with van der Waals surface area (Å²) in [5.41, 5.74) is 0.403. The van der Waals surface area contributed by atoms with E-state index in [1.54, 1.807) is 10.8 Å².